The second-order valence-corrected chi connectivity index (χ2v) is 10.1. The van der Waals surface area contributed by atoms with E-state index in [0.717, 1.165) is 30.6 Å². The number of thiazole rings is 1. The molecule has 0 bridgehead atoms. The molecule has 4 aromatic rings. The topological polar surface area (TPSA) is 89.0 Å². The lowest BCUT2D eigenvalue weighted by Gasteiger charge is -2.23. The molecule has 2 heterocycles. The van der Waals surface area contributed by atoms with Gasteiger partial charge in [-0.15, -0.1) is 0 Å². The van der Waals surface area contributed by atoms with Gasteiger partial charge in [0.2, 0.25) is 0 Å². The number of anilines is 1. The molecular weight excluding hydrogens is 519 g/mol. The monoisotopic (exact) mass is 546 g/mol. The number of unbranched alkanes of at least 4 members (excludes halogenated alkanes) is 2. The Bertz CT molecular complexity index is 1550. The summed E-state index contributed by atoms with van der Waals surface area (Å²) in [5.41, 5.74) is 1.39. The molecule has 1 aliphatic heterocycles. The highest BCUT2D eigenvalue weighted by Gasteiger charge is 2.48. The third-order valence-electron chi connectivity index (χ3n) is 6.57. The molecule has 1 atom stereocenters. The minimum Gasteiger partial charge on any atom is -0.507 e. The van der Waals surface area contributed by atoms with Gasteiger partial charge in [0.05, 0.1) is 35.5 Å². The lowest BCUT2D eigenvalue weighted by Crippen LogP contribution is -2.29. The number of aliphatic hydroxyl groups excluding tert-OH is 1. The standard InChI is InChI=1S/C30H27FN2O5S/c1-3-4-5-16-38-22-13-8-19(9-14-22)27(34)25-26(18-6-11-21(37-2)12-7-18)33(29(36)28(25)35)30-32-23-15-10-20(31)17-24(23)39-30/h6-15,17,26,34H,3-5,16H2,1-2H3/b27-25+. The van der Waals surface area contributed by atoms with Crippen molar-refractivity contribution in [2.45, 2.75) is 32.2 Å². The first-order valence-corrected chi connectivity index (χ1v) is 13.5. The fraction of sp³-hybridized carbons (Fsp3) is 0.233. The van der Waals surface area contributed by atoms with Crippen LogP contribution in [0.4, 0.5) is 9.52 Å². The Morgan fingerprint density at radius 2 is 1.74 bits per heavy atom. The molecule has 1 fully saturated rings. The quantitative estimate of drug-likeness (QED) is 0.110. The fourth-order valence-corrected chi connectivity index (χ4v) is 5.54. The molecule has 0 spiro atoms. The zero-order chi connectivity index (χ0) is 27.5. The Morgan fingerprint density at radius 3 is 2.44 bits per heavy atom. The van der Waals surface area contributed by atoms with E-state index in [1.54, 1.807) is 55.6 Å². The molecule has 5 rings (SSSR count). The molecule has 0 saturated carbocycles. The van der Waals surface area contributed by atoms with E-state index in [-0.39, 0.29) is 16.5 Å². The van der Waals surface area contributed by atoms with Crippen molar-refractivity contribution < 1.29 is 28.6 Å². The van der Waals surface area contributed by atoms with Gasteiger partial charge in [-0.25, -0.2) is 9.37 Å². The van der Waals surface area contributed by atoms with E-state index in [1.165, 1.54) is 23.1 Å². The van der Waals surface area contributed by atoms with Crippen LogP contribution in [0.3, 0.4) is 0 Å². The first-order valence-electron chi connectivity index (χ1n) is 12.7. The second-order valence-electron chi connectivity index (χ2n) is 9.13. The van der Waals surface area contributed by atoms with E-state index in [4.69, 9.17) is 9.47 Å². The summed E-state index contributed by atoms with van der Waals surface area (Å²) >= 11 is 1.10. The van der Waals surface area contributed by atoms with E-state index < -0.39 is 23.5 Å². The number of halogens is 1. The third kappa shape index (κ3) is 5.22. The predicted molar refractivity (Wildman–Crippen MR) is 149 cm³/mol. The van der Waals surface area contributed by atoms with Crippen LogP contribution >= 0.6 is 11.3 Å². The molecule has 39 heavy (non-hydrogen) atoms. The van der Waals surface area contributed by atoms with Gasteiger partial charge in [0.15, 0.2) is 5.13 Å². The Balaban J connectivity index is 1.57. The summed E-state index contributed by atoms with van der Waals surface area (Å²) in [7, 11) is 1.54. The van der Waals surface area contributed by atoms with Crippen LogP contribution < -0.4 is 14.4 Å². The highest BCUT2D eigenvalue weighted by atomic mass is 32.1. The van der Waals surface area contributed by atoms with Crippen molar-refractivity contribution >= 4 is 44.1 Å². The molecule has 1 N–H and O–H groups in total. The lowest BCUT2D eigenvalue weighted by atomic mass is 9.95. The van der Waals surface area contributed by atoms with Gasteiger partial charge in [0, 0.05) is 5.56 Å². The van der Waals surface area contributed by atoms with Crippen molar-refractivity contribution in [3.05, 3.63) is 89.2 Å². The highest BCUT2D eigenvalue weighted by molar-refractivity contribution is 7.22. The van der Waals surface area contributed by atoms with Gasteiger partial charge in [-0.2, -0.15) is 0 Å². The van der Waals surface area contributed by atoms with Gasteiger partial charge in [-0.1, -0.05) is 43.2 Å². The van der Waals surface area contributed by atoms with Crippen molar-refractivity contribution in [1.29, 1.82) is 0 Å². The Labute approximate surface area is 229 Å². The Morgan fingerprint density at radius 1 is 1.03 bits per heavy atom. The van der Waals surface area contributed by atoms with Crippen LogP contribution in [0.25, 0.3) is 16.0 Å². The van der Waals surface area contributed by atoms with Crippen LogP contribution in [0.2, 0.25) is 0 Å². The van der Waals surface area contributed by atoms with E-state index in [0.29, 0.717) is 39.4 Å². The number of benzene rings is 3. The number of nitrogens with zero attached hydrogens (tertiary/aromatic N) is 2. The summed E-state index contributed by atoms with van der Waals surface area (Å²) in [6.45, 7) is 2.71. The molecule has 1 unspecified atom stereocenters. The Kier molecular flexibility index (Phi) is 7.60. The molecule has 3 aromatic carbocycles. The first-order chi connectivity index (χ1) is 18.9. The number of amides is 1. The van der Waals surface area contributed by atoms with Crippen LogP contribution in [-0.4, -0.2) is 35.5 Å². The van der Waals surface area contributed by atoms with Gasteiger partial charge in [0.1, 0.15) is 23.1 Å². The van der Waals surface area contributed by atoms with Crippen LogP contribution in [0.15, 0.2) is 72.3 Å². The summed E-state index contributed by atoms with van der Waals surface area (Å²) in [5, 5.41) is 11.6. The number of ketones is 1. The van der Waals surface area contributed by atoms with Crippen molar-refractivity contribution in [3.63, 3.8) is 0 Å². The van der Waals surface area contributed by atoms with E-state index >= 15 is 0 Å². The van der Waals surface area contributed by atoms with Gasteiger partial charge >= 0.3 is 5.91 Å². The van der Waals surface area contributed by atoms with Gasteiger partial charge < -0.3 is 14.6 Å². The average molecular weight is 547 g/mol. The highest BCUT2D eigenvalue weighted by Crippen LogP contribution is 2.44. The number of hydrogen-bond donors (Lipinski definition) is 1. The summed E-state index contributed by atoms with van der Waals surface area (Å²) in [6.07, 6.45) is 3.12. The zero-order valence-corrected chi connectivity index (χ0v) is 22.3. The molecule has 9 heteroatoms. The average Bonchev–Trinajstić information content (AvgIpc) is 3.48. The van der Waals surface area contributed by atoms with Crippen LogP contribution in [0.5, 0.6) is 11.5 Å². The predicted octanol–water partition coefficient (Wildman–Crippen LogP) is 6.64. The number of hydrogen-bond acceptors (Lipinski definition) is 7. The van der Waals surface area contributed by atoms with E-state index in [2.05, 4.69) is 11.9 Å². The van der Waals surface area contributed by atoms with E-state index in [9.17, 15) is 19.1 Å². The molecule has 200 valence electrons. The first kappa shape index (κ1) is 26.4. The molecule has 7 nitrogen and oxygen atoms in total. The van der Waals surface area contributed by atoms with Crippen LogP contribution in [-0.2, 0) is 9.59 Å². The Hall–Kier alpha value is -4.24. The van der Waals surface area contributed by atoms with Gasteiger partial charge in [0.25, 0.3) is 5.78 Å². The number of methoxy groups -OCH3 is 1. The number of rotatable bonds is 9. The van der Waals surface area contributed by atoms with Crippen molar-refractivity contribution in [3.8, 4) is 11.5 Å². The number of fused-ring (bicyclic) bond motifs is 1. The maximum absolute atomic E-state index is 13.8. The number of Topliss-reactive ketones (excluding diaryl/α,β-unsaturated/α-hetero) is 1. The largest absolute Gasteiger partial charge is 0.507 e. The number of ether oxygens (including phenoxy) is 2. The minimum absolute atomic E-state index is 0.0628. The maximum atomic E-state index is 13.8. The summed E-state index contributed by atoms with van der Waals surface area (Å²) < 4.78 is 25.4. The van der Waals surface area contributed by atoms with Crippen molar-refractivity contribution in [2.75, 3.05) is 18.6 Å². The minimum atomic E-state index is -0.953. The van der Waals surface area contributed by atoms with E-state index in [1.807, 2.05) is 0 Å². The summed E-state index contributed by atoms with van der Waals surface area (Å²) in [4.78, 5) is 32.6. The second kappa shape index (κ2) is 11.2. The van der Waals surface area contributed by atoms with Gasteiger partial charge in [-0.3, -0.25) is 14.5 Å². The van der Waals surface area contributed by atoms with Crippen LogP contribution in [0, 0.1) is 5.82 Å². The molecule has 1 amide bonds. The summed E-state index contributed by atoms with van der Waals surface area (Å²) in [6, 6.07) is 16.9. The zero-order valence-electron chi connectivity index (χ0n) is 21.5. The molecular formula is C30H27FN2O5S. The molecule has 0 radical (unpaired) electrons. The number of carbonyl (C=O) groups excluding carboxylic acids is 2. The maximum Gasteiger partial charge on any atom is 0.301 e. The fourth-order valence-electron chi connectivity index (χ4n) is 4.53. The van der Waals surface area contributed by atoms with Crippen LogP contribution in [0.1, 0.15) is 43.4 Å². The molecule has 0 aliphatic carbocycles. The molecule has 1 aliphatic rings. The summed E-state index contributed by atoms with van der Waals surface area (Å²) in [5.74, 6) is -1.14. The SMILES string of the molecule is CCCCCOc1ccc(/C(O)=C2\C(=O)C(=O)N(c3nc4ccc(F)cc4s3)C2c2ccc(OC)cc2)cc1. The lowest BCUT2D eigenvalue weighted by molar-refractivity contribution is -0.132. The third-order valence-corrected chi connectivity index (χ3v) is 7.58. The molecule has 1 aromatic heterocycles. The number of aromatic nitrogens is 1. The van der Waals surface area contributed by atoms with Gasteiger partial charge in [-0.05, 0) is 66.6 Å². The number of carbonyl (C=O) groups is 2. The smallest absolute Gasteiger partial charge is 0.301 e. The normalized spacial score (nSPS) is 16.7. The number of aliphatic hydroxyl groups is 1. The molecule has 1 saturated heterocycles. The van der Waals surface area contributed by atoms with Crippen molar-refractivity contribution in [2.24, 2.45) is 0 Å². The van der Waals surface area contributed by atoms with Crippen molar-refractivity contribution in [1.82, 2.24) is 4.98 Å².